The summed E-state index contributed by atoms with van der Waals surface area (Å²) in [5.41, 5.74) is 0.235. The van der Waals surface area contributed by atoms with E-state index in [2.05, 4.69) is 20.8 Å². The lowest BCUT2D eigenvalue weighted by Crippen LogP contribution is -2.20. The highest BCUT2D eigenvalue weighted by atomic mass is 32.2. The maximum atomic E-state index is 11.2. The number of rotatable bonds is 6. The molecular formula is C10H16N4O3S. The largest absolute Gasteiger partial charge is 0.369 e. The predicted octanol–water partition coefficient (Wildman–Crippen LogP) is -0.317. The van der Waals surface area contributed by atoms with Gasteiger partial charge in [0.2, 0.25) is 0 Å². The fourth-order valence-corrected chi connectivity index (χ4v) is 1.90. The summed E-state index contributed by atoms with van der Waals surface area (Å²) in [5, 5.41) is 12.9. The molecule has 0 aliphatic heterocycles. The zero-order valence-corrected chi connectivity index (χ0v) is 11.1. The van der Waals surface area contributed by atoms with E-state index in [1.54, 1.807) is 12.1 Å². The van der Waals surface area contributed by atoms with Crippen LogP contribution in [-0.4, -0.2) is 50.1 Å². The molecule has 18 heavy (non-hydrogen) atoms. The number of hydrogen-bond donors (Lipinski definition) is 2. The predicted molar refractivity (Wildman–Crippen MR) is 68.2 cm³/mol. The molecule has 0 atom stereocenters. The van der Waals surface area contributed by atoms with Gasteiger partial charge in [-0.2, -0.15) is 0 Å². The fourth-order valence-electron chi connectivity index (χ4n) is 1.23. The number of nitrogens with zero attached hydrogens (tertiary/aromatic N) is 2. The van der Waals surface area contributed by atoms with Crippen LogP contribution in [0.4, 0.5) is 5.82 Å². The number of amides is 1. The highest BCUT2D eigenvalue weighted by molar-refractivity contribution is 7.90. The van der Waals surface area contributed by atoms with Gasteiger partial charge in [0, 0.05) is 19.8 Å². The fraction of sp³-hybridized carbons (Fsp3) is 0.500. The van der Waals surface area contributed by atoms with Gasteiger partial charge in [-0.15, -0.1) is 10.2 Å². The van der Waals surface area contributed by atoms with E-state index in [4.69, 9.17) is 0 Å². The third kappa shape index (κ3) is 5.09. The Morgan fingerprint density at radius 1 is 1.33 bits per heavy atom. The molecule has 0 aromatic carbocycles. The standard InChI is InChI=1S/C10H16N4O3S/c1-11-10(15)8-4-5-9(14-13-8)12-6-3-7-18(2,16)17/h4-5H,3,6-7H2,1-2H3,(H,11,15)(H,12,14). The van der Waals surface area contributed by atoms with Crippen molar-refractivity contribution in [3.05, 3.63) is 17.8 Å². The van der Waals surface area contributed by atoms with Crippen LogP contribution < -0.4 is 10.6 Å². The second-order valence-electron chi connectivity index (χ2n) is 3.79. The maximum Gasteiger partial charge on any atom is 0.271 e. The van der Waals surface area contributed by atoms with Gasteiger partial charge in [0.1, 0.15) is 15.7 Å². The molecule has 8 heteroatoms. The molecule has 1 amide bonds. The summed E-state index contributed by atoms with van der Waals surface area (Å²) in [6.45, 7) is 0.487. The van der Waals surface area contributed by atoms with Crippen LogP contribution in [0.3, 0.4) is 0 Å². The summed E-state index contributed by atoms with van der Waals surface area (Å²) in [5.74, 6) is 0.339. The second-order valence-corrected chi connectivity index (χ2v) is 6.05. The summed E-state index contributed by atoms with van der Waals surface area (Å²) in [6.07, 6.45) is 1.70. The summed E-state index contributed by atoms with van der Waals surface area (Å²) in [6, 6.07) is 3.17. The van der Waals surface area contributed by atoms with Gasteiger partial charge in [0.25, 0.3) is 5.91 Å². The average molecular weight is 272 g/mol. The molecule has 0 unspecified atom stereocenters. The van der Waals surface area contributed by atoms with Gasteiger partial charge in [0.05, 0.1) is 5.75 Å². The van der Waals surface area contributed by atoms with Crippen LogP contribution in [0, 0.1) is 0 Å². The average Bonchev–Trinajstić information content (AvgIpc) is 2.33. The van der Waals surface area contributed by atoms with E-state index < -0.39 is 9.84 Å². The van der Waals surface area contributed by atoms with Crippen molar-refractivity contribution >= 4 is 21.6 Å². The van der Waals surface area contributed by atoms with Crippen molar-refractivity contribution in [3.8, 4) is 0 Å². The quantitative estimate of drug-likeness (QED) is 0.688. The summed E-state index contributed by atoms with van der Waals surface area (Å²) in [4.78, 5) is 11.2. The molecule has 1 rings (SSSR count). The van der Waals surface area contributed by atoms with Gasteiger partial charge >= 0.3 is 0 Å². The molecule has 7 nitrogen and oxygen atoms in total. The number of anilines is 1. The first-order valence-electron chi connectivity index (χ1n) is 5.40. The van der Waals surface area contributed by atoms with Gasteiger partial charge in [-0.05, 0) is 18.6 Å². The molecule has 2 N–H and O–H groups in total. The van der Waals surface area contributed by atoms with Crippen molar-refractivity contribution in [3.63, 3.8) is 0 Å². The number of carbonyl (C=O) groups is 1. The van der Waals surface area contributed by atoms with E-state index in [0.717, 1.165) is 0 Å². The third-order valence-electron chi connectivity index (χ3n) is 2.12. The molecule has 0 bridgehead atoms. The first-order valence-corrected chi connectivity index (χ1v) is 7.46. The minimum Gasteiger partial charge on any atom is -0.369 e. The minimum absolute atomic E-state index is 0.129. The zero-order valence-electron chi connectivity index (χ0n) is 10.3. The lowest BCUT2D eigenvalue weighted by molar-refractivity contribution is 0.0957. The Labute approximate surface area is 106 Å². The van der Waals surface area contributed by atoms with Crippen molar-refractivity contribution in [2.75, 3.05) is 30.9 Å². The molecule has 100 valence electrons. The van der Waals surface area contributed by atoms with Gasteiger partial charge in [-0.3, -0.25) is 4.79 Å². The number of nitrogens with one attached hydrogen (secondary N) is 2. The van der Waals surface area contributed by atoms with Crippen molar-refractivity contribution in [1.82, 2.24) is 15.5 Å². The lowest BCUT2D eigenvalue weighted by atomic mass is 10.3. The van der Waals surface area contributed by atoms with Crippen LogP contribution in [0.2, 0.25) is 0 Å². The Morgan fingerprint density at radius 2 is 2.06 bits per heavy atom. The van der Waals surface area contributed by atoms with Crippen molar-refractivity contribution in [1.29, 1.82) is 0 Å². The summed E-state index contributed by atoms with van der Waals surface area (Å²) in [7, 11) is -1.41. The maximum absolute atomic E-state index is 11.2. The highest BCUT2D eigenvalue weighted by Gasteiger charge is 2.05. The first-order chi connectivity index (χ1) is 8.42. The van der Waals surface area contributed by atoms with E-state index in [1.807, 2.05) is 0 Å². The van der Waals surface area contributed by atoms with Crippen LogP contribution in [0.15, 0.2) is 12.1 Å². The number of hydrogen-bond acceptors (Lipinski definition) is 6. The highest BCUT2D eigenvalue weighted by Crippen LogP contribution is 2.02. The zero-order chi connectivity index (χ0) is 13.6. The Morgan fingerprint density at radius 3 is 2.56 bits per heavy atom. The van der Waals surface area contributed by atoms with Crippen molar-refractivity contribution < 1.29 is 13.2 Å². The SMILES string of the molecule is CNC(=O)c1ccc(NCCCS(C)(=O)=O)nn1. The van der Waals surface area contributed by atoms with Crippen molar-refractivity contribution in [2.45, 2.75) is 6.42 Å². The molecular weight excluding hydrogens is 256 g/mol. The number of aromatic nitrogens is 2. The van der Waals surface area contributed by atoms with E-state index in [1.165, 1.54) is 13.3 Å². The monoisotopic (exact) mass is 272 g/mol. The molecule has 0 aliphatic carbocycles. The van der Waals surface area contributed by atoms with Gasteiger partial charge in [0.15, 0.2) is 5.69 Å². The molecule has 0 spiro atoms. The Hall–Kier alpha value is -1.70. The number of carbonyl (C=O) groups excluding carboxylic acids is 1. The second kappa shape index (κ2) is 6.29. The first kappa shape index (κ1) is 14.4. The summed E-state index contributed by atoms with van der Waals surface area (Å²) >= 11 is 0. The Balaban J connectivity index is 2.42. The topological polar surface area (TPSA) is 101 Å². The molecule has 1 aromatic rings. The summed E-state index contributed by atoms with van der Waals surface area (Å²) < 4.78 is 21.8. The Bertz CT molecular complexity index is 498. The normalized spacial score (nSPS) is 11.0. The molecule has 0 aliphatic rings. The molecule has 0 saturated carbocycles. The van der Waals surface area contributed by atoms with Crippen LogP contribution in [-0.2, 0) is 9.84 Å². The smallest absolute Gasteiger partial charge is 0.271 e. The van der Waals surface area contributed by atoms with Gasteiger partial charge in [-0.1, -0.05) is 0 Å². The van der Waals surface area contributed by atoms with E-state index >= 15 is 0 Å². The molecule has 0 fully saturated rings. The molecule has 1 heterocycles. The van der Waals surface area contributed by atoms with Crippen LogP contribution in [0.5, 0.6) is 0 Å². The minimum atomic E-state index is -2.93. The van der Waals surface area contributed by atoms with Crippen LogP contribution in [0.25, 0.3) is 0 Å². The van der Waals surface area contributed by atoms with Crippen molar-refractivity contribution in [2.24, 2.45) is 0 Å². The molecule has 0 saturated heterocycles. The van der Waals surface area contributed by atoms with Crippen LogP contribution >= 0.6 is 0 Å². The lowest BCUT2D eigenvalue weighted by Gasteiger charge is -2.04. The third-order valence-corrected chi connectivity index (χ3v) is 3.15. The molecule has 1 aromatic heterocycles. The van der Waals surface area contributed by atoms with E-state index in [-0.39, 0.29) is 17.4 Å². The Kier molecular flexibility index (Phi) is 5.02. The molecule has 0 radical (unpaired) electrons. The van der Waals surface area contributed by atoms with Gasteiger partial charge < -0.3 is 10.6 Å². The van der Waals surface area contributed by atoms with E-state index in [0.29, 0.717) is 18.8 Å². The van der Waals surface area contributed by atoms with Crippen LogP contribution in [0.1, 0.15) is 16.9 Å². The van der Waals surface area contributed by atoms with Gasteiger partial charge in [-0.25, -0.2) is 8.42 Å². The van der Waals surface area contributed by atoms with E-state index in [9.17, 15) is 13.2 Å². The number of sulfone groups is 1.